The second-order valence-corrected chi connectivity index (χ2v) is 8.77. The zero-order valence-corrected chi connectivity index (χ0v) is 19.7. The third kappa shape index (κ3) is 6.27. The molecule has 0 bridgehead atoms. The fourth-order valence-electron chi connectivity index (χ4n) is 2.68. The van der Waals surface area contributed by atoms with Gasteiger partial charge in [-0.1, -0.05) is 24.3 Å². The summed E-state index contributed by atoms with van der Waals surface area (Å²) in [5.41, 5.74) is 1.06. The number of rotatable bonds is 6. The summed E-state index contributed by atoms with van der Waals surface area (Å²) in [7, 11) is 3.31. The molecule has 10 heteroatoms. The molecule has 0 radical (unpaired) electrons. The van der Waals surface area contributed by atoms with Crippen molar-refractivity contribution in [2.45, 2.75) is 11.8 Å². The number of benzene rings is 2. The van der Waals surface area contributed by atoms with Crippen LogP contribution >= 0.6 is 23.1 Å². The Kier molecular flexibility index (Phi) is 7.96. The molecular formula is C23H21FN4O3S2. The Balaban J connectivity index is 1.73. The Labute approximate surface area is 198 Å². The molecule has 1 heterocycles. The molecule has 0 unspecified atom stereocenters. The van der Waals surface area contributed by atoms with Gasteiger partial charge < -0.3 is 10.2 Å². The van der Waals surface area contributed by atoms with Crippen LogP contribution in [0.2, 0.25) is 0 Å². The highest BCUT2D eigenvalue weighted by molar-refractivity contribution is 8.13. The van der Waals surface area contributed by atoms with Crippen LogP contribution in [0.4, 0.5) is 25.7 Å². The standard InChI is InChI=1S/C23H21FN4O3S2/c1-15(29)28(19-10-6-4-8-17(19)24)22-25-16(14-32-22)12-13-21(30)26-18-9-5-7-11-20(18)33-23(31)27(2)3/h4-14H,1-3H3,(H,26,30)/b13-12+. The third-order valence-electron chi connectivity index (χ3n) is 4.22. The van der Waals surface area contributed by atoms with Crippen LogP contribution in [0.15, 0.2) is 64.9 Å². The largest absolute Gasteiger partial charge is 0.339 e. The molecule has 7 nitrogen and oxygen atoms in total. The van der Waals surface area contributed by atoms with Crippen molar-refractivity contribution < 1.29 is 18.8 Å². The van der Waals surface area contributed by atoms with E-state index in [-0.39, 0.29) is 22.0 Å². The average molecular weight is 485 g/mol. The summed E-state index contributed by atoms with van der Waals surface area (Å²) in [5.74, 6) is -1.33. The Bertz CT molecular complexity index is 1210. The maximum atomic E-state index is 14.2. The van der Waals surface area contributed by atoms with Crippen LogP contribution < -0.4 is 10.2 Å². The van der Waals surface area contributed by atoms with Gasteiger partial charge in [0.05, 0.1) is 17.1 Å². The number of carbonyl (C=O) groups excluding carboxylic acids is 3. The molecule has 3 amide bonds. The molecule has 0 atom stereocenters. The highest BCUT2D eigenvalue weighted by Crippen LogP contribution is 2.31. The van der Waals surface area contributed by atoms with Crippen molar-refractivity contribution in [2.24, 2.45) is 0 Å². The second kappa shape index (κ2) is 10.9. The van der Waals surface area contributed by atoms with Gasteiger partial charge in [-0.25, -0.2) is 9.37 Å². The monoisotopic (exact) mass is 484 g/mol. The number of nitrogens with zero attached hydrogens (tertiary/aromatic N) is 3. The third-order valence-corrected chi connectivity index (χ3v) is 6.18. The number of halogens is 1. The molecule has 0 aliphatic carbocycles. The van der Waals surface area contributed by atoms with Crippen LogP contribution in [0.25, 0.3) is 6.08 Å². The van der Waals surface area contributed by atoms with Gasteiger partial charge >= 0.3 is 0 Å². The minimum Gasteiger partial charge on any atom is -0.339 e. The van der Waals surface area contributed by atoms with Crippen molar-refractivity contribution >= 4 is 62.7 Å². The van der Waals surface area contributed by atoms with E-state index in [4.69, 9.17) is 0 Å². The summed E-state index contributed by atoms with van der Waals surface area (Å²) < 4.78 is 14.2. The van der Waals surface area contributed by atoms with Crippen molar-refractivity contribution in [3.8, 4) is 0 Å². The van der Waals surface area contributed by atoms with Crippen molar-refractivity contribution in [1.29, 1.82) is 0 Å². The Morgan fingerprint density at radius 1 is 1.09 bits per heavy atom. The van der Waals surface area contributed by atoms with Crippen LogP contribution in [-0.2, 0) is 9.59 Å². The number of thioether (sulfide) groups is 1. The molecule has 0 spiro atoms. The van der Waals surface area contributed by atoms with Gasteiger partial charge in [0.1, 0.15) is 5.82 Å². The lowest BCUT2D eigenvalue weighted by Gasteiger charge is -2.18. The van der Waals surface area contributed by atoms with E-state index in [2.05, 4.69) is 10.3 Å². The maximum absolute atomic E-state index is 14.2. The minimum atomic E-state index is -0.538. The molecule has 170 valence electrons. The number of para-hydroxylation sites is 2. The predicted molar refractivity (Wildman–Crippen MR) is 130 cm³/mol. The molecule has 3 aromatic rings. The zero-order valence-electron chi connectivity index (χ0n) is 18.1. The predicted octanol–water partition coefficient (Wildman–Crippen LogP) is 5.39. The lowest BCUT2D eigenvalue weighted by molar-refractivity contribution is -0.116. The van der Waals surface area contributed by atoms with E-state index in [1.54, 1.807) is 55.9 Å². The van der Waals surface area contributed by atoms with E-state index in [1.807, 2.05) is 0 Å². The molecule has 1 N–H and O–H groups in total. The summed E-state index contributed by atoms with van der Waals surface area (Å²) in [4.78, 5) is 44.2. The molecule has 0 saturated heterocycles. The van der Waals surface area contributed by atoms with Crippen molar-refractivity contribution in [3.63, 3.8) is 0 Å². The molecule has 1 aromatic heterocycles. The molecule has 0 saturated carbocycles. The van der Waals surface area contributed by atoms with E-state index < -0.39 is 11.7 Å². The Morgan fingerprint density at radius 2 is 1.79 bits per heavy atom. The van der Waals surface area contributed by atoms with E-state index in [9.17, 15) is 18.8 Å². The molecule has 0 aliphatic rings. The molecule has 2 aromatic carbocycles. The molecule has 0 fully saturated rings. The highest BCUT2D eigenvalue weighted by Gasteiger charge is 2.20. The summed E-state index contributed by atoms with van der Waals surface area (Å²) in [6.07, 6.45) is 2.80. The van der Waals surface area contributed by atoms with Gasteiger partial charge in [0.2, 0.25) is 11.8 Å². The van der Waals surface area contributed by atoms with Gasteiger partial charge in [-0.2, -0.15) is 0 Å². The van der Waals surface area contributed by atoms with E-state index in [0.29, 0.717) is 16.3 Å². The topological polar surface area (TPSA) is 82.6 Å². The maximum Gasteiger partial charge on any atom is 0.286 e. The summed E-state index contributed by atoms with van der Waals surface area (Å²) >= 11 is 2.17. The first-order valence-corrected chi connectivity index (χ1v) is 11.4. The van der Waals surface area contributed by atoms with Crippen LogP contribution in [-0.4, -0.2) is 41.0 Å². The number of aromatic nitrogens is 1. The molecule has 0 aliphatic heterocycles. The lowest BCUT2D eigenvalue weighted by atomic mass is 10.3. The van der Waals surface area contributed by atoms with E-state index >= 15 is 0 Å². The van der Waals surface area contributed by atoms with Crippen molar-refractivity contribution in [1.82, 2.24) is 9.88 Å². The summed E-state index contributed by atoms with van der Waals surface area (Å²) in [5, 5.41) is 4.54. The number of nitrogens with one attached hydrogen (secondary N) is 1. The smallest absolute Gasteiger partial charge is 0.286 e. The number of hydrogen-bond acceptors (Lipinski definition) is 6. The first-order chi connectivity index (χ1) is 15.8. The number of carbonyl (C=O) groups is 3. The first kappa shape index (κ1) is 24.1. The van der Waals surface area contributed by atoms with Crippen molar-refractivity contribution in [2.75, 3.05) is 24.3 Å². The van der Waals surface area contributed by atoms with E-state index in [0.717, 1.165) is 23.1 Å². The van der Waals surface area contributed by atoms with Gasteiger partial charge in [0, 0.05) is 37.4 Å². The van der Waals surface area contributed by atoms with Gasteiger partial charge in [0.25, 0.3) is 5.24 Å². The Morgan fingerprint density at radius 3 is 2.48 bits per heavy atom. The van der Waals surface area contributed by atoms with Crippen LogP contribution in [0, 0.1) is 5.82 Å². The lowest BCUT2D eigenvalue weighted by Crippen LogP contribution is -2.23. The minimum absolute atomic E-state index is 0.106. The van der Waals surface area contributed by atoms with Crippen LogP contribution in [0.3, 0.4) is 0 Å². The number of thiazole rings is 1. The van der Waals surface area contributed by atoms with Gasteiger partial charge in [0.15, 0.2) is 5.13 Å². The second-order valence-electron chi connectivity index (χ2n) is 6.94. The summed E-state index contributed by atoms with van der Waals surface area (Å²) in [6.45, 7) is 1.33. The fourth-order valence-corrected chi connectivity index (χ4v) is 4.27. The number of hydrogen-bond donors (Lipinski definition) is 1. The highest BCUT2D eigenvalue weighted by atomic mass is 32.2. The fraction of sp³-hybridized carbons (Fsp3) is 0.130. The van der Waals surface area contributed by atoms with E-state index in [1.165, 1.54) is 41.0 Å². The number of anilines is 3. The van der Waals surface area contributed by atoms with Crippen molar-refractivity contribution in [3.05, 3.63) is 71.5 Å². The van der Waals surface area contributed by atoms with Crippen LogP contribution in [0.1, 0.15) is 12.6 Å². The van der Waals surface area contributed by atoms with Gasteiger partial charge in [-0.3, -0.25) is 19.3 Å². The number of amides is 3. The average Bonchev–Trinajstić information content (AvgIpc) is 3.23. The molecule has 33 heavy (non-hydrogen) atoms. The normalized spacial score (nSPS) is 10.8. The Hall–Kier alpha value is -3.50. The summed E-state index contributed by atoms with van der Waals surface area (Å²) in [6, 6.07) is 12.9. The first-order valence-electron chi connectivity index (χ1n) is 9.74. The van der Waals surface area contributed by atoms with Crippen LogP contribution in [0.5, 0.6) is 0 Å². The SMILES string of the molecule is CC(=O)N(c1nc(/C=C/C(=O)Nc2ccccc2SC(=O)N(C)C)cs1)c1ccccc1F. The molecular weight excluding hydrogens is 463 g/mol. The quantitative estimate of drug-likeness (QED) is 0.375. The molecule has 3 rings (SSSR count). The van der Waals surface area contributed by atoms with Gasteiger partial charge in [-0.05, 0) is 42.1 Å². The zero-order chi connectivity index (χ0) is 24.0. The van der Waals surface area contributed by atoms with Gasteiger partial charge in [-0.15, -0.1) is 11.3 Å².